The van der Waals surface area contributed by atoms with Crippen molar-refractivity contribution < 1.29 is 14.7 Å². The average molecular weight is 356 g/mol. The maximum absolute atomic E-state index is 12.2. The second kappa shape index (κ2) is 7.52. The summed E-state index contributed by atoms with van der Waals surface area (Å²) in [5, 5.41) is 14.0. The minimum absolute atomic E-state index is 0.106. The van der Waals surface area contributed by atoms with Crippen LogP contribution in [-0.2, 0) is 22.4 Å². The Hall–Kier alpha value is -2.30. The molecule has 3 rings (SSSR count). The quantitative estimate of drug-likeness (QED) is 0.829. The largest absolute Gasteiger partial charge is 0.480 e. The maximum Gasteiger partial charge on any atom is 0.326 e. The first-order valence-electron chi connectivity index (χ1n) is 9.55. The van der Waals surface area contributed by atoms with E-state index < -0.39 is 12.0 Å². The fraction of sp³-hybridized carbons (Fsp3) is 0.524. The highest BCUT2D eigenvalue weighted by molar-refractivity contribution is 5.88. The van der Waals surface area contributed by atoms with Crippen LogP contribution in [0, 0.1) is 5.92 Å². The van der Waals surface area contributed by atoms with E-state index in [1.807, 2.05) is 43.5 Å². The molecule has 2 atom stereocenters. The lowest BCUT2D eigenvalue weighted by atomic mass is 9.91. The molecule has 2 aromatic rings. The number of amides is 1. The molecule has 2 unspecified atom stereocenters. The highest BCUT2D eigenvalue weighted by Gasteiger charge is 2.30. The highest BCUT2D eigenvalue weighted by Crippen LogP contribution is 2.35. The summed E-state index contributed by atoms with van der Waals surface area (Å²) in [5.74, 6) is -0.338. The zero-order chi connectivity index (χ0) is 18.8. The normalized spacial score (nSPS) is 17.9. The number of aromatic nitrogens is 1. The molecule has 5 heteroatoms. The van der Waals surface area contributed by atoms with Gasteiger partial charge in [-0.25, -0.2) is 4.79 Å². The first-order valence-corrected chi connectivity index (χ1v) is 9.55. The maximum atomic E-state index is 12.2. The number of carbonyl (C=O) groups excluding carboxylic acids is 1. The van der Waals surface area contributed by atoms with Gasteiger partial charge in [0, 0.05) is 29.1 Å². The summed E-state index contributed by atoms with van der Waals surface area (Å²) in [6.07, 6.45) is 3.50. The number of benzene rings is 1. The monoisotopic (exact) mass is 356 g/mol. The Morgan fingerprint density at radius 1 is 1.31 bits per heavy atom. The van der Waals surface area contributed by atoms with Gasteiger partial charge in [-0.15, -0.1) is 0 Å². The number of aliphatic carboxylic acids is 1. The Morgan fingerprint density at radius 2 is 2.04 bits per heavy atom. The van der Waals surface area contributed by atoms with E-state index in [9.17, 15) is 14.7 Å². The summed E-state index contributed by atoms with van der Waals surface area (Å²) in [5.41, 5.74) is 3.30. The lowest BCUT2D eigenvalue weighted by Crippen LogP contribution is -2.39. The van der Waals surface area contributed by atoms with Gasteiger partial charge in [0.2, 0.25) is 5.91 Å². The standard InChI is InChI=1S/C21H28N2O3/c1-4-17(21(25)26)23-18-8-6-5-7-15(18)16-12-14(9-10-19(16)23)22-20(24)11-13(2)3/h5-8,13-14,17H,4,9-12H2,1-3H3,(H,22,24)(H,25,26). The van der Waals surface area contributed by atoms with Gasteiger partial charge in [-0.05, 0) is 43.2 Å². The summed E-state index contributed by atoms with van der Waals surface area (Å²) in [6.45, 7) is 6.00. The van der Waals surface area contributed by atoms with Crippen LogP contribution in [0.2, 0.25) is 0 Å². The predicted octanol–water partition coefficient (Wildman–Crippen LogP) is 3.70. The van der Waals surface area contributed by atoms with Gasteiger partial charge in [-0.2, -0.15) is 0 Å². The van der Waals surface area contributed by atoms with Crippen molar-refractivity contribution in [2.45, 2.75) is 65.0 Å². The fourth-order valence-electron chi connectivity index (χ4n) is 4.15. The van der Waals surface area contributed by atoms with E-state index in [4.69, 9.17) is 0 Å². The third-order valence-electron chi connectivity index (χ3n) is 5.25. The molecular formula is C21H28N2O3. The van der Waals surface area contributed by atoms with Gasteiger partial charge < -0.3 is 15.0 Å². The molecule has 5 nitrogen and oxygen atoms in total. The summed E-state index contributed by atoms with van der Waals surface area (Å²) in [7, 11) is 0. The van der Waals surface area contributed by atoms with Gasteiger partial charge in [0.05, 0.1) is 0 Å². The number of fused-ring (bicyclic) bond motifs is 3. The number of nitrogens with one attached hydrogen (secondary N) is 1. The van der Waals surface area contributed by atoms with E-state index in [1.54, 1.807) is 0 Å². The minimum Gasteiger partial charge on any atom is -0.480 e. The van der Waals surface area contributed by atoms with E-state index in [0.29, 0.717) is 18.8 Å². The van der Waals surface area contributed by atoms with Crippen LogP contribution in [0.5, 0.6) is 0 Å². The van der Waals surface area contributed by atoms with E-state index >= 15 is 0 Å². The molecular weight excluding hydrogens is 328 g/mol. The number of rotatable bonds is 6. The first kappa shape index (κ1) is 18.5. The second-order valence-electron chi connectivity index (χ2n) is 7.68. The molecule has 2 N–H and O–H groups in total. The molecule has 1 heterocycles. The molecule has 1 aliphatic carbocycles. The number of hydrogen-bond donors (Lipinski definition) is 2. The number of carbonyl (C=O) groups is 2. The van der Waals surface area contributed by atoms with Crippen molar-refractivity contribution >= 4 is 22.8 Å². The molecule has 0 saturated heterocycles. The first-order chi connectivity index (χ1) is 12.4. The average Bonchev–Trinajstić information content (AvgIpc) is 2.89. The van der Waals surface area contributed by atoms with Gasteiger partial charge in [0.15, 0.2) is 0 Å². The molecule has 1 aromatic heterocycles. The van der Waals surface area contributed by atoms with Crippen molar-refractivity contribution in [1.29, 1.82) is 0 Å². The topological polar surface area (TPSA) is 71.3 Å². The second-order valence-corrected chi connectivity index (χ2v) is 7.68. The van der Waals surface area contributed by atoms with Crippen LogP contribution in [0.25, 0.3) is 10.9 Å². The summed E-state index contributed by atoms with van der Waals surface area (Å²) >= 11 is 0. The van der Waals surface area contributed by atoms with E-state index in [-0.39, 0.29) is 11.9 Å². The van der Waals surface area contributed by atoms with E-state index in [2.05, 4.69) is 11.4 Å². The summed E-state index contributed by atoms with van der Waals surface area (Å²) < 4.78 is 2.01. The van der Waals surface area contributed by atoms with Crippen molar-refractivity contribution in [3.05, 3.63) is 35.5 Å². The van der Waals surface area contributed by atoms with Gasteiger partial charge in [0.25, 0.3) is 0 Å². The Labute approximate surface area is 154 Å². The van der Waals surface area contributed by atoms with Crippen molar-refractivity contribution in [2.75, 3.05) is 0 Å². The van der Waals surface area contributed by atoms with Crippen LogP contribution in [0.15, 0.2) is 24.3 Å². The predicted molar refractivity (Wildman–Crippen MR) is 102 cm³/mol. The molecule has 1 amide bonds. The zero-order valence-electron chi connectivity index (χ0n) is 15.8. The van der Waals surface area contributed by atoms with Crippen molar-refractivity contribution in [1.82, 2.24) is 9.88 Å². The van der Waals surface area contributed by atoms with Crippen LogP contribution in [0.4, 0.5) is 0 Å². The van der Waals surface area contributed by atoms with Crippen molar-refractivity contribution in [2.24, 2.45) is 5.92 Å². The van der Waals surface area contributed by atoms with Gasteiger partial charge in [-0.1, -0.05) is 39.0 Å². The molecule has 0 spiro atoms. The molecule has 1 aliphatic rings. The van der Waals surface area contributed by atoms with Crippen LogP contribution in [0.1, 0.15) is 57.3 Å². The molecule has 0 saturated carbocycles. The molecule has 0 aliphatic heterocycles. The number of para-hydroxylation sites is 1. The Morgan fingerprint density at radius 3 is 2.69 bits per heavy atom. The Balaban J connectivity index is 1.96. The van der Waals surface area contributed by atoms with E-state index in [1.165, 1.54) is 5.56 Å². The molecule has 1 aromatic carbocycles. The lowest BCUT2D eigenvalue weighted by molar-refractivity contribution is -0.141. The number of carboxylic acid groups (broad SMARTS) is 1. The molecule has 0 fully saturated rings. The number of carboxylic acids is 1. The minimum atomic E-state index is -0.789. The smallest absolute Gasteiger partial charge is 0.326 e. The third-order valence-corrected chi connectivity index (χ3v) is 5.25. The SMILES string of the molecule is CCC(C(=O)O)n1c2c(c3ccccc31)CC(NC(=O)CC(C)C)CC2. The third kappa shape index (κ3) is 3.48. The number of hydrogen-bond acceptors (Lipinski definition) is 2. The summed E-state index contributed by atoms with van der Waals surface area (Å²) in [4.78, 5) is 23.9. The fourth-order valence-corrected chi connectivity index (χ4v) is 4.15. The Kier molecular flexibility index (Phi) is 5.35. The van der Waals surface area contributed by atoms with Crippen LogP contribution in [0.3, 0.4) is 0 Å². The van der Waals surface area contributed by atoms with Crippen LogP contribution < -0.4 is 5.32 Å². The van der Waals surface area contributed by atoms with E-state index in [0.717, 1.165) is 35.9 Å². The molecule has 26 heavy (non-hydrogen) atoms. The van der Waals surface area contributed by atoms with Gasteiger partial charge in [0.1, 0.15) is 6.04 Å². The van der Waals surface area contributed by atoms with Crippen LogP contribution in [-0.4, -0.2) is 27.6 Å². The molecule has 140 valence electrons. The van der Waals surface area contributed by atoms with Gasteiger partial charge >= 0.3 is 5.97 Å². The Bertz CT molecular complexity index is 822. The highest BCUT2D eigenvalue weighted by atomic mass is 16.4. The summed E-state index contributed by atoms with van der Waals surface area (Å²) in [6, 6.07) is 7.60. The van der Waals surface area contributed by atoms with Gasteiger partial charge in [-0.3, -0.25) is 4.79 Å². The van der Waals surface area contributed by atoms with Crippen molar-refractivity contribution in [3.8, 4) is 0 Å². The van der Waals surface area contributed by atoms with Crippen LogP contribution >= 0.6 is 0 Å². The zero-order valence-corrected chi connectivity index (χ0v) is 15.8. The molecule has 0 bridgehead atoms. The lowest BCUT2D eigenvalue weighted by Gasteiger charge is -2.26. The molecule has 0 radical (unpaired) electrons. The number of nitrogens with zero attached hydrogens (tertiary/aromatic N) is 1. The van der Waals surface area contributed by atoms with Crippen molar-refractivity contribution in [3.63, 3.8) is 0 Å².